The van der Waals surface area contributed by atoms with Gasteiger partial charge in [0.15, 0.2) is 0 Å². The van der Waals surface area contributed by atoms with E-state index in [9.17, 15) is 8.78 Å². The highest BCUT2D eigenvalue weighted by Gasteiger charge is 2.22. The van der Waals surface area contributed by atoms with Gasteiger partial charge in [-0.25, -0.2) is 8.78 Å². The zero-order valence-corrected chi connectivity index (χ0v) is 8.17. The van der Waals surface area contributed by atoms with Crippen LogP contribution in [0.1, 0.15) is 18.4 Å². The Morgan fingerprint density at radius 1 is 1.27 bits per heavy atom. The molecule has 1 saturated carbocycles. The van der Waals surface area contributed by atoms with E-state index in [1.165, 1.54) is 0 Å². The van der Waals surface area contributed by atoms with Crippen LogP contribution in [-0.4, -0.2) is 11.7 Å². The maximum absolute atomic E-state index is 13.2. The first-order chi connectivity index (χ1) is 7.20. The van der Waals surface area contributed by atoms with Crippen LogP contribution >= 0.6 is 0 Å². The molecule has 0 amide bonds. The fourth-order valence-corrected chi connectivity index (χ4v) is 1.31. The van der Waals surface area contributed by atoms with Gasteiger partial charge in [0.05, 0.1) is 13.2 Å². The molecule has 0 atom stereocenters. The standard InChI is InChI=1S/C11H12F2O2/c12-10-3-8(15-6-7-1-2-7)4-11(13)9(10)5-14/h3-4,7,14H,1-2,5-6H2. The van der Waals surface area contributed by atoms with E-state index in [-0.39, 0.29) is 11.3 Å². The minimum Gasteiger partial charge on any atom is -0.493 e. The van der Waals surface area contributed by atoms with Crippen LogP contribution in [0.15, 0.2) is 12.1 Å². The van der Waals surface area contributed by atoms with Crippen LogP contribution in [0.2, 0.25) is 0 Å². The summed E-state index contributed by atoms with van der Waals surface area (Å²) in [4.78, 5) is 0. The van der Waals surface area contributed by atoms with Crippen LogP contribution in [0.25, 0.3) is 0 Å². The van der Waals surface area contributed by atoms with Crippen molar-refractivity contribution >= 4 is 0 Å². The van der Waals surface area contributed by atoms with Crippen LogP contribution in [0.3, 0.4) is 0 Å². The van der Waals surface area contributed by atoms with Crippen LogP contribution in [0, 0.1) is 17.6 Å². The van der Waals surface area contributed by atoms with E-state index in [1.807, 2.05) is 0 Å². The molecule has 2 rings (SSSR count). The van der Waals surface area contributed by atoms with Crippen molar-refractivity contribution in [2.24, 2.45) is 5.92 Å². The van der Waals surface area contributed by atoms with Gasteiger partial charge in [-0.2, -0.15) is 0 Å². The largest absolute Gasteiger partial charge is 0.493 e. The third-order valence-corrected chi connectivity index (χ3v) is 2.46. The van der Waals surface area contributed by atoms with Gasteiger partial charge in [-0.3, -0.25) is 0 Å². The summed E-state index contributed by atoms with van der Waals surface area (Å²) in [5, 5.41) is 8.70. The average Bonchev–Trinajstić information content (AvgIpc) is 2.97. The van der Waals surface area contributed by atoms with Crippen LogP contribution in [0.4, 0.5) is 8.78 Å². The fraction of sp³-hybridized carbons (Fsp3) is 0.455. The summed E-state index contributed by atoms with van der Waals surface area (Å²) in [6, 6.07) is 2.22. The predicted octanol–water partition coefficient (Wildman–Crippen LogP) is 2.25. The van der Waals surface area contributed by atoms with Crippen molar-refractivity contribution in [2.45, 2.75) is 19.4 Å². The third-order valence-electron chi connectivity index (χ3n) is 2.46. The molecule has 1 aromatic carbocycles. The van der Waals surface area contributed by atoms with Gasteiger partial charge in [-0.1, -0.05) is 0 Å². The van der Waals surface area contributed by atoms with Crippen LogP contribution in [-0.2, 0) is 6.61 Å². The summed E-state index contributed by atoms with van der Waals surface area (Å²) in [5.74, 6) is -0.797. The molecule has 4 heteroatoms. The summed E-state index contributed by atoms with van der Waals surface area (Å²) in [6.45, 7) is -0.127. The normalized spacial score (nSPS) is 15.4. The molecule has 0 bridgehead atoms. The topological polar surface area (TPSA) is 29.5 Å². The maximum atomic E-state index is 13.2. The number of aliphatic hydroxyl groups excluding tert-OH is 1. The minimum atomic E-state index is -0.761. The molecule has 0 saturated heterocycles. The SMILES string of the molecule is OCc1c(F)cc(OCC2CC2)cc1F. The van der Waals surface area contributed by atoms with E-state index < -0.39 is 18.2 Å². The van der Waals surface area contributed by atoms with E-state index in [4.69, 9.17) is 9.84 Å². The van der Waals surface area contributed by atoms with Crippen molar-refractivity contribution in [2.75, 3.05) is 6.61 Å². The molecular formula is C11H12F2O2. The Labute approximate surface area is 86.5 Å². The Kier molecular flexibility index (Phi) is 2.86. The van der Waals surface area contributed by atoms with E-state index >= 15 is 0 Å². The molecule has 2 nitrogen and oxygen atoms in total. The highest BCUT2D eigenvalue weighted by atomic mass is 19.1. The molecule has 0 heterocycles. The van der Waals surface area contributed by atoms with Crippen molar-refractivity contribution in [1.82, 2.24) is 0 Å². The highest BCUT2D eigenvalue weighted by Crippen LogP contribution is 2.30. The quantitative estimate of drug-likeness (QED) is 0.832. The number of ether oxygens (including phenoxy) is 1. The van der Waals surface area contributed by atoms with Crippen molar-refractivity contribution < 1.29 is 18.6 Å². The number of benzene rings is 1. The lowest BCUT2D eigenvalue weighted by atomic mass is 10.2. The number of halogens is 2. The average molecular weight is 214 g/mol. The first kappa shape index (κ1) is 10.4. The molecule has 1 fully saturated rings. The van der Waals surface area contributed by atoms with E-state index in [2.05, 4.69) is 0 Å². The Hall–Kier alpha value is -1.16. The van der Waals surface area contributed by atoms with Gasteiger partial charge in [-0.05, 0) is 18.8 Å². The second-order valence-corrected chi connectivity index (χ2v) is 3.78. The first-order valence-electron chi connectivity index (χ1n) is 4.92. The molecule has 1 N–H and O–H groups in total. The van der Waals surface area contributed by atoms with Gasteiger partial charge in [0, 0.05) is 17.7 Å². The smallest absolute Gasteiger partial charge is 0.135 e. The molecule has 0 spiro atoms. The first-order valence-corrected chi connectivity index (χ1v) is 4.92. The number of aliphatic hydroxyl groups is 1. The van der Waals surface area contributed by atoms with Crippen molar-refractivity contribution in [3.8, 4) is 5.75 Å². The molecule has 1 aliphatic carbocycles. The fourth-order valence-electron chi connectivity index (χ4n) is 1.31. The lowest BCUT2D eigenvalue weighted by Crippen LogP contribution is -2.02. The van der Waals surface area contributed by atoms with Gasteiger partial charge in [-0.15, -0.1) is 0 Å². The van der Waals surface area contributed by atoms with Crippen molar-refractivity contribution in [1.29, 1.82) is 0 Å². The molecule has 1 aliphatic rings. The van der Waals surface area contributed by atoms with Crippen molar-refractivity contribution in [3.05, 3.63) is 29.3 Å². The zero-order chi connectivity index (χ0) is 10.8. The number of hydrogen-bond acceptors (Lipinski definition) is 2. The Balaban J connectivity index is 2.10. The lowest BCUT2D eigenvalue weighted by Gasteiger charge is -2.07. The summed E-state index contributed by atoms with van der Waals surface area (Å²) in [5.41, 5.74) is -0.311. The van der Waals surface area contributed by atoms with Gasteiger partial charge in [0.1, 0.15) is 17.4 Å². The summed E-state index contributed by atoms with van der Waals surface area (Å²) in [7, 11) is 0. The predicted molar refractivity (Wildman–Crippen MR) is 50.5 cm³/mol. The third kappa shape index (κ3) is 2.45. The summed E-state index contributed by atoms with van der Waals surface area (Å²) >= 11 is 0. The molecule has 0 aliphatic heterocycles. The lowest BCUT2D eigenvalue weighted by molar-refractivity contribution is 0.265. The van der Waals surface area contributed by atoms with E-state index in [1.54, 1.807) is 0 Å². The highest BCUT2D eigenvalue weighted by molar-refractivity contribution is 5.30. The Morgan fingerprint density at radius 3 is 2.33 bits per heavy atom. The van der Waals surface area contributed by atoms with Crippen molar-refractivity contribution in [3.63, 3.8) is 0 Å². The minimum absolute atomic E-state index is 0.189. The second kappa shape index (κ2) is 4.14. The molecule has 82 valence electrons. The molecule has 0 unspecified atom stereocenters. The molecule has 1 aromatic rings. The summed E-state index contributed by atoms with van der Waals surface area (Å²) in [6.07, 6.45) is 2.25. The number of rotatable bonds is 4. The van der Waals surface area contributed by atoms with E-state index in [0.717, 1.165) is 25.0 Å². The molecule has 0 radical (unpaired) electrons. The van der Waals surface area contributed by atoms with Crippen LogP contribution in [0.5, 0.6) is 5.75 Å². The Bertz CT molecular complexity index is 339. The zero-order valence-electron chi connectivity index (χ0n) is 8.17. The van der Waals surface area contributed by atoms with Gasteiger partial charge < -0.3 is 9.84 Å². The van der Waals surface area contributed by atoms with Gasteiger partial charge >= 0.3 is 0 Å². The Morgan fingerprint density at radius 2 is 1.87 bits per heavy atom. The maximum Gasteiger partial charge on any atom is 0.135 e. The van der Waals surface area contributed by atoms with Crippen LogP contribution < -0.4 is 4.74 Å². The molecular weight excluding hydrogens is 202 g/mol. The number of hydrogen-bond donors (Lipinski definition) is 1. The second-order valence-electron chi connectivity index (χ2n) is 3.78. The summed E-state index contributed by atoms with van der Waals surface area (Å²) < 4.78 is 31.6. The monoisotopic (exact) mass is 214 g/mol. The molecule has 0 aromatic heterocycles. The van der Waals surface area contributed by atoms with E-state index in [0.29, 0.717) is 12.5 Å². The van der Waals surface area contributed by atoms with Gasteiger partial charge in [0.25, 0.3) is 0 Å². The van der Waals surface area contributed by atoms with Gasteiger partial charge in [0.2, 0.25) is 0 Å². The molecule has 15 heavy (non-hydrogen) atoms.